The molecule has 0 saturated heterocycles. The summed E-state index contributed by atoms with van der Waals surface area (Å²) in [4.78, 5) is 14.9. The largest absolute Gasteiger partial charge is 0.493 e. The van der Waals surface area contributed by atoms with Gasteiger partial charge in [-0.1, -0.05) is 12.1 Å². The van der Waals surface area contributed by atoms with Gasteiger partial charge in [0.1, 0.15) is 0 Å². The third kappa shape index (κ3) is 2.88. The first-order chi connectivity index (χ1) is 11.6. The molecule has 0 bridgehead atoms. The van der Waals surface area contributed by atoms with Crippen LogP contribution in [0.15, 0.2) is 40.9 Å². The van der Waals surface area contributed by atoms with Gasteiger partial charge in [0, 0.05) is 11.0 Å². The second kappa shape index (κ2) is 6.85. The first-order valence-corrected chi connectivity index (χ1v) is 8.66. The summed E-state index contributed by atoms with van der Waals surface area (Å²) < 4.78 is 11.6. The van der Waals surface area contributed by atoms with Crippen LogP contribution < -0.4 is 9.47 Å². The van der Waals surface area contributed by atoms with E-state index < -0.39 is 0 Å². The van der Waals surface area contributed by atoms with Crippen molar-refractivity contribution in [1.29, 1.82) is 0 Å². The van der Waals surface area contributed by atoms with Crippen molar-refractivity contribution in [2.24, 2.45) is 0 Å². The zero-order chi connectivity index (χ0) is 17.3. The molecule has 0 aromatic heterocycles. The Morgan fingerprint density at radius 3 is 2.50 bits per heavy atom. The van der Waals surface area contributed by atoms with E-state index in [2.05, 4.69) is 22.9 Å². The van der Waals surface area contributed by atoms with Gasteiger partial charge in [0.25, 0.3) is 5.91 Å². The Hall–Kier alpha value is -2.01. The highest BCUT2D eigenvalue weighted by Gasteiger charge is 2.30. The number of amides is 1. The van der Waals surface area contributed by atoms with E-state index in [-0.39, 0.29) is 11.9 Å². The summed E-state index contributed by atoms with van der Waals surface area (Å²) in [6, 6.07) is 11.5. The minimum Gasteiger partial charge on any atom is -0.493 e. The monoisotopic (exact) mass is 389 g/mol. The number of carbonyl (C=O) groups excluding carboxylic acids is 1. The molecule has 2 aromatic rings. The van der Waals surface area contributed by atoms with Crippen LogP contribution in [-0.2, 0) is 6.42 Å². The van der Waals surface area contributed by atoms with Gasteiger partial charge in [-0.3, -0.25) is 4.79 Å². The Balaban J connectivity index is 1.96. The fourth-order valence-corrected chi connectivity index (χ4v) is 3.67. The zero-order valence-corrected chi connectivity index (χ0v) is 15.6. The van der Waals surface area contributed by atoms with Gasteiger partial charge in [0.05, 0.1) is 25.8 Å². The van der Waals surface area contributed by atoms with Gasteiger partial charge in [-0.15, -0.1) is 0 Å². The van der Waals surface area contributed by atoms with Crippen molar-refractivity contribution in [2.75, 3.05) is 20.8 Å². The first kappa shape index (κ1) is 16.8. The van der Waals surface area contributed by atoms with E-state index in [1.807, 2.05) is 41.3 Å². The molecule has 4 nitrogen and oxygen atoms in total. The van der Waals surface area contributed by atoms with Gasteiger partial charge in [-0.05, 0) is 64.7 Å². The number of hydrogen-bond acceptors (Lipinski definition) is 3. The van der Waals surface area contributed by atoms with Crippen molar-refractivity contribution in [3.63, 3.8) is 0 Å². The van der Waals surface area contributed by atoms with Crippen LogP contribution in [-0.4, -0.2) is 31.6 Å². The van der Waals surface area contributed by atoms with Crippen molar-refractivity contribution in [3.05, 3.63) is 57.6 Å². The number of benzene rings is 2. The van der Waals surface area contributed by atoms with E-state index >= 15 is 0 Å². The van der Waals surface area contributed by atoms with Gasteiger partial charge in [0.15, 0.2) is 11.5 Å². The lowest BCUT2D eigenvalue weighted by atomic mass is 9.92. The number of ether oxygens (including phenoxy) is 2. The fourth-order valence-electron chi connectivity index (χ4n) is 3.21. The van der Waals surface area contributed by atoms with Crippen LogP contribution in [0.4, 0.5) is 0 Å². The molecule has 0 saturated carbocycles. The van der Waals surface area contributed by atoms with Crippen LogP contribution in [0.5, 0.6) is 11.5 Å². The Morgan fingerprint density at radius 1 is 1.17 bits per heavy atom. The van der Waals surface area contributed by atoms with Gasteiger partial charge >= 0.3 is 0 Å². The number of methoxy groups -OCH3 is 2. The molecule has 0 N–H and O–H groups in total. The lowest BCUT2D eigenvalue weighted by Gasteiger charge is -2.36. The van der Waals surface area contributed by atoms with Crippen LogP contribution in [0, 0.1) is 0 Å². The second-order valence-electron chi connectivity index (χ2n) is 5.81. The molecule has 2 aromatic carbocycles. The molecule has 1 heterocycles. The topological polar surface area (TPSA) is 38.8 Å². The molecule has 0 aliphatic carbocycles. The molecule has 1 amide bonds. The Kier molecular flexibility index (Phi) is 4.81. The highest BCUT2D eigenvalue weighted by atomic mass is 79.9. The fraction of sp³-hybridized carbons (Fsp3) is 0.316. The Labute approximate surface area is 150 Å². The molecular formula is C19H20BrNO3. The Bertz CT molecular complexity index is 775. The van der Waals surface area contributed by atoms with Crippen LogP contribution in [0.1, 0.15) is 34.5 Å². The quantitative estimate of drug-likeness (QED) is 0.788. The molecule has 1 aliphatic rings. The number of halogens is 1. The van der Waals surface area contributed by atoms with Crippen molar-refractivity contribution in [1.82, 2.24) is 4.90 Å². The summed E-state index contributed by atoms with van der Waals surface area (Å²) in [6.45, 7) is 2.74. The minimum absolute atomic E-state index is 0.0202. The van der Waals surface area contributed by atoms with Crippen molar-refractivity contribution in [3.8, 4) is 11.5 Å². The maximum absolute atomic E-state index is 13.0. The van der Waals surface area contributed by atoms with E-state index in [0.29, 0.717) is 17.9 Å². The van der Waals surface area contributed by atoms with Gasteiger partial charge < -0.3 is 14.4 Å². The maximum Gasteiger partial charge on any atom is 0.255 e. The molecule has 0 fully saturated rings. The number of rotatable bonds is 3. The lowest BCUT2D eigenvalue weighted by molar-refractivity contribution is 0.0676. The van der Waals surface area contributed by atoms with Gasteiger partial charge in [-0.25, -0.2) is 0 Å². The number of nitrogens with zero attached hydrogens (tertiary/aromatic N) is 1. The number of hydrogen-bond donors (Lipinski definition) is 0. The predicted octanol–water partition coefficient (Wildman–Crippen LogP) is 4.23. The standard InChI is InChI=1S/C19H20BrNO3/c1-12-15-11-18(24-3)17(23-2)10-13(15)8-9-21(12)19(22)14-6-4-5-7-16(14)20/h4-7,10-12H,8-9H2,1-3H3/t12-/m1/s1. The van der Waals surface area contributed by atoms with Gasteiger partial charge in [0.2, 0.25) is 0 Å². The number of carbonyl (C=O) groups is 1. The maximum atomic E-state index is 13.0. The molecule has 5 heteroatoms. The molecule has 126 valence electrons. The summed E-state index contributed by atoms with van der Waals surface area (Å²) in [5, 5.41) is 0. The third-order valence-electron chi connectivity index (χ3n) is 4.55. The van der Waals surface area contributed by atoms with Gasteiger partial charge in [-0.2, -0.15) is 0 Å². The van der Waals surface area contributed by atoms with E-state index in [0.717, 1.165) is 22.2 Å². The molecule has 1 atom stereocenters. The highest BCUT2D eigenvalue weighted by Crippen LogP contribution is 2.38. The molecule has 1 aliphatic heterocycles. The summed E-state index contributed by atoms with van der Waals surface area (Å²) in [5.74, 6) is 1.46. The highest BCUT2D eigenvalue weighted by molar-refractivity contribution is 9.10. The van der Waals surface area contributed by atoms with Crippen LogP contribution in [0.2, 0.25) is 0 Å². The van der Waals surface area contributed by atoms with E-state index in [1.54, 1.807) is 14.2 Å². The normalized spacial score (nSPS) is 16.5. The van der Waals surface area contributed by atoms with Crippen LogP contribution >= 0.6 is 15.9 Å². The van der Waals surface area contributed by atoms with Crippen LogP contribution in [0.3, 0.4) is 0 Å². The van der Waals surface area contributed by atoms with Crippen molar-refractivity contribution < 1.29 is 14.3 Å². The predicted molar refractivity (Wildman–Crippen MR) is 96.8 cm³/mol. The minimum atomic E-state index is -0.0202. The smallest absolute Gasteiger partial charge is 0.255 e. The molecule has 0 spiro atoms. The lowest BCUT2D eigenvalue weighted by Crippen LogP contribution is -2.39. The summed E-state index contributed by atoms with van der Waals surface area (Å²) >= 11 is 3.47. The zero-order valence-electron chi connectivity index (χ0n) is 14.0. The summed E-state index contributed by atoms with van der Waals surface area (Å²) in [5.41, 5.74) is 3.00. The van der Waals surface area contributed by atoms with Crippen molar-refractivity contribution >= 4 is 21.8 Å². The molecule has 0 radical (unpaired) electrons. The first-order valence-electron chi connectivity index (χ1n) is 7.87. The molecule has 3 rings (SSSR count). The van der Waals surface area contributed by atoms with E-state index in [4.69, 9.17) is 9.47 Å². The van der Waals surface area contributed by atoms with E-state index in [9.17, 15) is 4.79 Å². The third-order valence-corrected chi connectivity index (χ3v) is 5.24. The molecular weight excluding hydrogens is 370 g/mol. The van der Waals surface area contributed by atoms with Crippen LogP contribution in [0.25, 0.3) is 0 Å². The summed E-state index contributed by atoms with van der Waals surface area (Å²) in [7, 11) is 3.26. The number of fused-ring (bicyclic) bond motifs is 1. The molecule has 24 heavy (non-hydrogen) atoms. The van der Waals surface area contributed by atoms with E-state index in [1.165, 1.54) is 5.56 Å². The Morgan fingerprint density at radius 2 is 1.83 bits per heavy atom. The molecule has 0 unspecified atom stereocenters. The average Bonchev–Trinajstić information content (AvgIpc) is 2.61. The average molecular weight is 390 g/mol. The summed E-state index contributed by atoms with van der Waals surface area (Å²) in [6.07, 6.45) is 0.802. The SMILES string of the molecule is COc1cc2c(cc1OC)[C@@H](C)N(C(=O)c1ccccc1Br)CC2. The van der Waals surface area contributed by atoms with Crippen molar-refractivity contribution in [2.45, 2.75) is 19.4 Å². The second-order valence-corrected chi connectivity index (χ2v) is 6.66.